The van der Waals surface area contributed by atoms with Crippen LogP contribution in [0.1, 0.15) is 5.56 Å². The Morgan fingerprint density at radius 3 is 2.00 bits per heavy atom. The first-order valence-electron chi connectivity index (χ1n) is 6.61. The average Bonchev–Trinajstić information content (AvgIpc) is 2.55. The maximum Gasteiger partial charge on any atom is 0.124 e. The van der Waals surface area contributed by atoms with Crippen LogP contribution in [0, 0.1) is 11.3 Å². The fraction of sp³-hybridized carbons (Fsp3) is 0. The third-order valence-electron chi connectivity index (χ3n) is 3.28. The van der Waals surface area contributed by atoms with Gasteiger partial charge in [0.2, 0.25) is 0 Å². The van der Waals surface area contributed by atoms with E-state index in [4.69, 9.17) is 5.73 Å². The zero-order chi connectivity index (χ0) is 14.7. The van der Waals surface area contributed by atoms with Gasteiger partial charge in [-0.05, 0) is 11.6 Å². The summed E-state index contributed by atoms with van der Waals surface area (Å²) in [7, 11) is 0. The topological polar surface area (TPSA) is 62.7 Å². The molecule has 2 aromatic carbocycles. The lowest BCUT2D eigenvalue weighted by Gasteiger charge is -2.10. The van der Waals surface area contributed by atoms with E-state index in [0.717, 1.165) is 16.7 Å². The molecule has 100 valence electrons. The summed E-state index contributed by atoms with van der Waals surface area (Å²) in [4.78, 5) is 4.36. The Morgan fingerprint density at radius 2 is 1.43 bits per heavy atom. The van der Waals surface area contributed by atoms with Gasteiger partial charge in [0.25, 0.3) is 0 Å². The van der Waals surface area contributed by atoms with Crippen LogP contribution in [-0.4, -0.2) is 4.98 Å². The summed E-state index contributed by atoms with van der Waals surface area (Å²) in [6, 6.07) is 23.4. The van der Waals surface area contributed by atoms with E-state index in [1.165, 1.54) is 0 Å². The fourth-order valence-electron chi connectivity index (χ4n) is 2.33. The number of nitriles is 1. The Labute approximate surface area is 123 Å². The van der Waals surface area contributed by atoms with E-state index in [0.29, 0.717) is 17.1 Å². The van der Waals surface area contributed by atoms with Gasteiger partial charge in [-0.15, -0.1) is 0 Å². The summed E-state index contributed by atoms with van der Waals surface area (Å²) >= 11 is 0. The van der Waals surface area contributed by atoms with Crippen LogP contribution in [0.15, 0.2) is 66.7 Å². The van der Waals surface area contributed by atoms with Crippen molar-refractivity contribution in [2.45, 2.75) is 0 Å². The van der Waals surface area contributed by atoms with Crippen molar-refractivity contribution >= 4 is 5.82 Å². The first kappa shape index (κ1) is 12.9. The number of nitrogen functional groups attached to an aromatic ring is 1. The van der Waals surface area contributed by atoms with E-state index in [9.17, 15) is 5.26 Å². The molecule has 21 heavy (non-hydrogen) atoms. The summed E-state index contributed by atoms with van der Waals surface area (Å²) in [5, 5.41) is 9.58. The lowest BCUT2D eigenvalue weighted by Crippen LogP contribution is -1.98. The molecule has 0 fully saturated rings. The molecule has 3 heteroatoms. The van der Waals surface area contributed by atoms with Gasteiger partial charge >= 0.3 is 0 Å². The van der Waals surface area contributed by atoms with Crippen LogP contribution in [0.25, 0.3) is 22.4 Å². The number of rotatable bonds is 2. The van der Waals surface area contributed by atoms with Gasteiger partial charge in [-0.2, -0.15) is 5.26 Å². The summed E-state index contributed by atoms with van der Waals surface area (Å²) in [5.74, 6) is 0.409. The maximum absolute atomic E-state index is 9.58. The third-order valence-corrected chi connectivity index (χ3v) is 3.28. The van der Waals surface area contributed by atoms with Crippen LogP contribution >= 0.6 is 0 Å². The zero-order valence-electron chi connectivity index (χ0n) is 11.3. The van der Waals surface area contributed by atoms with Crippen molar-refractivity contribution in [2.24, 2.45) is 0 Å². The second kappa shape index (κ2) is 5.48. The predicted molar refractivity (Wildman–Crippen MR) is 84.2 cm³/mol. The van der Waals surface area contributed by atoms with E-state index in [1.54, 1.807) is 6.07 Å². The third kappa shape index (κ3) is 2.47. The van der Waals surface area contributed by atoms with Gasteiger partial charge in [-0.3, -0.25) is 0 Å². The number of nitrogens with zero attached hydrogens (tertiary/aromatic N) is 2. The molecule has 0 saturated heterocycles. The second-order valence-electron chi connectivity index (χ2n) is 4.66. The first-order valence-corrected chi connectivity index (χ1v) is 6.61. The molecule has 0 atom stereocenters. The highest BCUT2D eigenvalue weighted by Crippen LogP contribution is 2.31. The molecular weight excluding hydrogens is 258 g/mol. The predicted octanol–water partition coefficient (Wildman–Crippen LogP) is 3.87. The largest absolute Gasteiger partial charge is 0.384 e. The molecule has 1 aromatic heterocycles. The monoisotopic (exact) mass is 271 g/mol. The number of hydrogen-bond acceptors (Lipinski definition) is 3. The van der Waals surface area contributed by atoms with Crippen LogP contribution in [-0.2, 0) is 0 Å². The first-order chi connectivity index (χ1) is 10.3. The molecule has 0 saturated carbocycles. The minimum absolute atomic E-state index is 0.409. The molecule has 3 nitrogen and oxygen atoms in total. The van der Waals surface area contributed by atoms with Crippen molar-refractivity contribution < 1.29 is 0 Å². The molecule has 1 heterocycles. The van der Waals surface area contributed by atoms with Crippen molar-refractivity contribution in [3.8, 4) is 28.5 Å². The number of nitrogens with two attached hydrogens (primary N) is 1. The molecule has 0 aliphatic rings. The zero-order valence-corrected chi connectivity index (χ0v) is 11.3. The standard InChI is InChI=1S/C18H13N3/c19-12-16-15(13-7-3-1-4-8-13)11-17(20)21-18(16)14-9-5-2-6-10-14/h1-11H,(H2,20,21). The Bertz CT molecular complexity index is 742. The molecule has 0 unspecified atom stereocenters. The summed E-state index contributed by atoms with van der Waals surface area (Å²) in [5.41, 5.74) is 9.76. The Kier molecular flexibility index (Phi) is 3.36. The van der Waals surface area contributed by atoms with Crippen LogP contribution in [0.3, 0.4) is 0 Å². The lowest BCUT2D eigenvalue weighted by atomic mass is 9.96. The molecule has 0 spiro atoms. The van der Waals surface area contributed by atoms with Gasteiger partial charge in [0.1, 0.15) is 11.9 Å². The molecule has 0 amide bonds. The van der Waals surface area contributed by atoms with Gasteiger partial charge in [0.05, 0.1) is 11.3 Å². The van der Waals surface area contributed by atoms with Crippen molar-refractivity contribution in [3.05, 3.63) is 72.3 Å². The minimum atomic E-state index is 0.409. The van der Waals surface area contributed by atoms with E-state index < -0.39 is 0 Å². The van der Waals surface area contributed by atoms with Crippen molar-refractivity contribution in [2.75, 3.05) is 5.73 Å². The molecule has 3 aromatic rings. The highest BCUT2D eigenvalue weighted by atomic mass is 14.8. The summed E-state index contributed by atoms with van der Waals surface area (Å²) in [6.45, 7) is 0. The SMILES string of the molecule is N#Cc1c(-c2ccccc2)cc(N)nc1-c1ccccc1. The number of aromatic nitrogens is 1. The highest BCUT2D eigenvalue weighted by Gasteiger charge is 2.14. The number of benzene rings is 2. The molecule has 0 aliphatic heterocycles. The van der Waals surface area contributed by atoms with Gasteiger partial charge in [0.15, 0.2) is 0 Å². The van der Waals surface area contributed by atoms with Crippen molar-refractivity contribution in [3.63, 3.8) is 0 Å². The van der Waals surface area contributed by atoms with Crippen molar-refractivity contribution in [1.82, 2.24) is 4.98 Å². The Hall–Kier alpha value is -3.12. The number of anilines is 1. The number of pyridine rings is 1. The Balaban J connectivity index is 2.29. The van der Waals surface area contributed by atoms with E-state index in [1.807, 2.05) is 60.7 Å². The van der Waals surface area contributed by atoms with E-state index in [-0.39, 0.29) is 0 Å². The Morgan fingerprint density at radius 1 is 0.857 bits per heavy atom. The summed E-state index contributed by atoms with van der Waals surface area (Å²) < 4.78 is 0. The van der Waals surface area contributed by atoms with Gasteiger partial charge < -0.3 is 5.73 Å². The quantitative estimate of drug-likeness (QED) is 0.769. The van der Waals surface area contributed by atoms with Crippen LogP contribution in [0.4, 0.5) is 5.82 Å². The minimum Gasteiger partial charge on any atom is -0.384 e. The van der Waals surface area contributed by atoms with Gasteiger partial charge in [-0.25, -0.2) is 4.98 Å². The molecule has 0 bridgehead atoms. The smallest absolute Gasteiger partial charge is 0.124 e. The molecule has 0 aliphatic carbocycles. The number of hydrogen-bond donors (Lipinski definition) is 1. The normalized spacial score (nSPS) is 10.0. The second-order valence-corrected chi connectivity index (χ2v) is 4.66. The lowest BCUT2D eigenvalue weighted by molar-refractivity contribution is 1.31. The van der Waals surface area contributed by atoms with Gasteiger partial charge in [-0.1, -0.05) is 60.7 Å². The van der Waals surface area contributed by atoms with Gasteiger partial charge in [0, 0.05) is 11.1 Å². The molecule has 2 N–H and O–H groups in total. The van der Waals surface area contributed by atoms with Crippen LogP contribution < -0.4 is 5.73 Å². The maximum atomic E-state index is 9.58. The average molecular weight is 271 g/mol. The highest BCUT2D eigenvalue weighted by molar-refractivity contribution is 5.81. The molecule has 0 radical (unpaired) electrons. The molecular formula is C18H13N3. The van der Waals surface area contributed by atoms with E-state index >= 15 is 0 Å². The van der Waals surface area contributed by atoms with E-state index in [2.05, 4.69) is 11.1 Å². The fourth-order valence-corrected chi connectivity index (χ4v) is 2.33. The summed E-state index contributed by atoms with van der Waals surface area (Å²) in [6.07, 6.45) is 0. The van der Waals surface area contributed by atoms with Crippen LogP contribution in [0.5, 0.6) is 0 Å². The van der Waals surface area contributed by atoms with Crippen LogP contribution in [0.2, 0.25) is 0 Å². The van der Waals surface area contributed by atoms with Crippen molar-refractivity contribution in [1.29, 1.82) is 5.26 Å². The molecule has 3 rings (SSSR count).